The van der Waals surface area contributed by atoms with E-state index in [9.17, 15) is 0 Å². The van der Waals surface area contributed by atoms with Crippen molar-refractivity contribution in [1.29, 1.82) is 10.5 Å². The van der Waals surface area contributed by atoms with Gasteiger partial charge in [-0.15, -0.1) is 23.2 Å². The lowest BCUT2D eigenvalue weighted by atomic mass is 10.2. The van der Waals surface area contributed by atoms with Gasteiger partial charge >= 0.3 is 0 Å². The maximum atomic E-state index is 7.26. The van der Waals surface area contributed by atoms with Crippen molar-refractivity contribution in [3.63, 3.8) is 0 Å². The lowest BCUT2D eigenvalue weighted by molar-refractivity contribution is 1.33. The number of benzene rings is 1. The van der Waals surface area contributed by atoms with Crippen molar-refractivity contribution in [3.8, 4) is 12.1 Å². The van der Waals surface area contributed by atoms with E-state index in [4.69, 9.17) is 33.7 Å². The number of alkyl halides is 2. The summed E-state index contributed by atoms with van der Waals surface area (Å²) in [5, 5.41) is 14.5. The van der Waals surface area contributed by atoms with Crippen LogP contribution >= 0.6 is 23.2 Å². The molecule has 0 heterocycles. The first kappa shape index (κ1) is 12.8. The fourth-order valence-corrected chi connectivity index (χ4v) is 1.07. The van der Waals surface area contributed by atoms with Crippen LogP contribution in [0.5, 0.6) is 0 Å². The van der Waals surface area contributed by atoms with Gasteiger partial charge in [0, 0.05) is 11.8 Å². The summed E-state index contributed by atoms with van der Waals surface area (Å²) in [4.78, 5) is 0. The highest BCUT2D eigenvalue weighted by atomic mass is 35.5. The molecule has 0 bridgehead atoms. The third-order valence-electron chi connectivity index (χ3n) is 1.38. The van der Waals surface area contributed by atoms with E-state index in [1.807, 2.05) is 24.3 Å². The molecule has 0 aliphatic carbocycles. The Labute approximate surface area is 93.3 Å². The molecule has 0 N–H and O–H groups in total. The molecule has 2 nitrogen and oxygen atoms in total. The zero-order valence-corrected chi connectivity index (χ0v) is 8.89. The molecular weight excluding hydrogens is 219 g/mol. The lowest BCUT2D eigenvalue weighted by Crippen LogP contribution is -1.79. The van der Waals surface area contributed by atoms with E-state index in [0.29, 0.717) is 11.8 Å². The molecule has 14 heavy (non-hydrogen) atoms. The molecule has 0 aromatic heterocycles. The summed E-state index contributed by atoms with van der Waals surface area (Å²) in [6.45, 7) is 0. The Hall–Kier alpha value is -1.22. The van der Waals surface area contributed by atoms with Crippen molar-refractivity contribution < 1.29 is 0 Å². The topological polar surface area (TPSA) is 47.6 Å². The van der Waals surface area contributed by atoms with Crippen LogP contribution in [0.4, 0.5) is 0 Å². The zero-order chi connectivity index (χ0) is 10.8. The minimum absolute atomic E-state index is 0.572. The summed E-state index contributed by atoms with van der Waals surface area (Å²) in [6.07, 6.45) is 0. The molecule has 72 valence electrons. The van der Waals surface area contributed by atoms with Crippen LogP contribution in [0.2, 0.25) is 0 Å². The van der Waals surface area contributed by atoms with Crippen LogP contribution in [0.1, 0.15) is 11.1 Å². The Bertz CT molecular complexity index is 298. The van der Waals surface area contributed by atoms with Gasteiger partial charge in [0.25, 0.3) is 0 Å². The second-order valence-electron chi connectivity index (χ2n) is 2.31. The normalized spacial score (nSPS) is 7.71. The van der Waals surface area contributed by atoms with Crippen molar-refractivity contribution in [2.75, 3.05) is 0 Å². The number of hydrogen-bond acceptors (Lipinski definition) is 2. The SMILES string of the molecule is ClCc1ccc(CCl)cc1.N#CC#N. The van der Waals surface area contributed by atoms with E-state index >= 15 is 0 Å². The van der Waals surface area contributed by atoms with Gasteiger partial charge in [-0.05, 0) is 11.1 Å². The molecule has 0 saturated heterocycles. The average molecular weight is 227 g/mol. The lowest BCUT2D eigenvalue weighted by Gasteiger charge is -1.95. The predicted molar refractivity (Wildman–Crippen MR) is 56.8 cm³/mol. The van der Waals surface area contributed by atoms with E-state index in [-0.39, 0.29) is 0 Å². The van der Waals surface area contributed by atoms with Gasteiger partial charge in [-0.3, -0.25) is 0 Å². The molecule has 1 rings (SSSR count). The molecule has 0 unspecified atom stereocenters. The fraction of sp³-hybridized carbons (Fsp3) is 0.200. The molecule has 1 aromatic carbocycles. The number of nitrogens with zero attached hydrogens (tertiary/aromatic N) is 2. The van der Waals surface area contributed by atoms with E-state index in [1.165, 1.54) is 12.1 Å². The summed E-state index contributed by atoms with van der Waals surface area (Å²) in [7, 11) is 0. The standard InChI is InChI=1S/C8H8Cl2.C2N2/c9-5-7-1-2-8(6-10)4-3-7;3-1-2-4/h1-4H,5-6H2;. The van der Waals surface area contributed by atoms with Gasteiger partial charge in [-0.2, -0.15) is 10.5 Å². The van der Waals surface area contributed by atoms with E-state index in [0.717, 1.165) is 11.1 Å². The summed E-state index contributed by atoms with van der Waals surface area (Å²) in [5.74, 6) is 1.14. The number of nitriles is 2. The number of halogens is 2. The Balaban J connectivity index is 0.000000364. The van der Waals surface area contributed by atoms with E-state index in [1.54, 1.807) is 0 Å². The molecule has 0 amide bonds. The third-order valence-corrected chi connectivity index (χ3v) is 2.00. The molecule has 0 aliphatic rings. The van der Waals surface area contributed by atoms with Crippen LogP contribution in [0, 0.1) is 22.7 Å². The maximum absolute atomic E-state index is 7.26. The summed E-state index contributed by atoms with van der Waals surface area (Å²) in [6, 6.07) is 10.4. The molecule has 0 atom stereocenters. The maximum Gasteiger partial charge on any atom is 0.181 e. The first-order valence-electron chi connectivity index (χ1n) is 3.76. The van der Waals surface area contributed by atoms with Gasteiger partial charge in [0.1, 0.15) is 0 Å². The quantitative estimate of drug-likeness (QED) is 0.728. The van der Waals surface area contributed by atoms with Crippen LogP contribution < -0.4 is 0 Å². The first-order chi connectivity index (χ1) is 6.78. The molecular formula is C10H8Cl2N2. The van der Waals surface area contributed by atoms with Gasteiger partial charge < -0.3 is 0 Å². The Morgan fingerprint density at radius 1 is 0.857 bits per heavy atom. The van der Waals surface area contributed by atoms with Crippen molar-refractivity contribution in [2.24, 2.45) is 0 Å². The largest absolute Gasteiger partial charge is 0.181 e. The fourth-order valence-electron chi connectivity index (χ4n) is 0.717. The second-order valence-corrected chi connectivity index (χ2v) is 2.84. The van der Waals surface area contributed by atoms with Crippen LogP contribution in [0.25, 0.3) is 0 Å². The molecule has 0 radical (unpaired) electrons. The Morgan fingerprint density at radius 3 is 1.29 bits per heavy atom. The Morgan fingerprint density at radius 2 is 1.14 bits per heavy atom. The highest BCUT2D eigenvalue weighted by Gasteiger charge is 1.90. The average Bonchev–Trinajstić information content (AvgIpc) is 2.29. The van der Waals surface area contributed by atoms with E-state index in [2.05, 4.69) is 0 Å². The predicted octanol–water partition coefficient (Wildman–Crippen LogP) is 3.20. The molecule has 0 fully saturated rings. The van der Waals surface area contributed by atoms with Crippen molar-refractivity contribution in [3.05, 3.63) is 35.4 Å². The number of rotatable bonds is 2. The monoisotopic (exact) mass is 226 g/mol. The second kappa shape index (κ2) is 8.38. The summed E-state index contributed by atoms with van der Waals surface area (Å²) >= 11 is 11.2. The third kappa shape index (κ3) is 5.43. The van der Waals surface area contributed by atoms with Gasteiger partial charge in [0.15, 0.2) is 12.1 Å². The highest BCUT2D eigenvalue weighted by molar-refractivity contribution is 6.17. The number of hydrogen-bond donors (Lipinski definition) is 0. The van der Waals surface area contributed by atoms with Crippen LogP contribution in [-0.4, -0.2) is 0 Å². The van der Waals surface area contributed by atoms with Crippen molar-refractivity contribution >= 4 is 23.2 Å². The van der Waals surface area contributed by atoms with Gasteiger partial charge in [-0.25, -0.2) is 0 Å². The molecule has 0 spiro atoms. The van der Waals surface area contributed by atoms with Gasteiger partial charge in [-0.1, -0.05) is 24.3 Å². The summed E-state index contributed by atoms with van der Waals surface area (Å²) < 4.78 is 0. The van der Waals surface area contributed by atoms with Crippen LogP contribution in [0.3, 0.4) is 0 Å². The zero-order valence-electron chi connectivity index (χ0n) is 7.37. The van der Waals surface area contributed by atoms with E-state index < -0.39 is 0 Å². The van der Waals surface area contributed by atoms with Crippen molar-refractivity contribution in [1.82, 2.24) is 0 Å². The van der Waals surface area contributed by atoms with Gasteiger partial charge in [0.2, 0.25) is 0 Å². The minimum atomic E-state index is 0.572. The van der Waals surface area contributed by atoms with Crippen LogP contribution in [0.15, 0.2) is 24.3 Å². The molecule has 4 heteroatoms. The van der Waals surface area contributed by atoms with Crippen molar-refractivity contribution in [2.45, 2.75) is 11.8 Å². The minimum Gasteiger partial charge on any atom is -0.181 e. The van der Waals surface area contributed by atoms with Crippen LogP contribution in [-0.2, 0) is 11.8 Å². The smallest absolute Gasteiger partial charge is 0.181 e. The first-order valence-corrected chi connectivity index (χ1v) is 4.83. The molecule has 1 aromatic rings. The summed E-state index contributed by atoms with van der Waals surface area (Å²) in [5.41, 5.74) is 2.27. The molecule has 0 saturated carbocycles. The highest BCUT2D eigenvalue weighted by Crippen LogP contribution is 2.08. The Kier molecular flexibility index (Phi) is 7.65. The van der Waals surface area contributed by atoms with Gasteiger partial charge in [0.05, 0.1) is 0 Å². The molecule has 0 aliphatic heterocycles.